The van der Waals surface area contributed by atoms with Crippen LogP contribution in [0.15, 0.2) is 16.5 Å². The SMILES string of the molecule is CC(=O)c1sc(Nc2nnc(-c3cc([N+](=O)[O-])cc([N+](=O)[O-])c3C)o2)nc1C. The fraction of sp³-hybridized carbons (Fsp3) is 0.200. The van der Waals surface area contributed by atoms with Gasteiger partial charge in [0, 0.05) is 18.6 Å². The Labute approximate surface area is 160 Å². The third-order valence-corrected chi connectivity index (χ3v) is 4.93. The van der Waals surface area contributed by atoms with Crippen LogP contribution in [-0.2, 0) is 0 Å². The van der Waals surface area contributed by atoms with E-state index in [2.05, 4.69) is 20.5 Å². The predicted molar refractivity (Wildman–Crippen MR) is 97.9 cm³/mol. The molecule has 2 aromatic heterocycles. The number of carbonyl (C=O) groups excluding carboxylic acids is 1. The zero-order valence-corrected chi connectivity index (χ0v) is 15.6. The Hall–Kier alpha value is -3.74. The van der Waals surface area contributed by atoms with Crippen LogP contribution >= 0.6 is 11.3 Å². The molecule has 0 bridgehead atoms. The number of carbonyl (C=O) groups is 1. The molecular formula is C15H12N6O6S. The molecular weight excluding hydrogens is 392 g/mol. The molecule has 0 atom stereocenters. The van der Waals surface area contributed by atoms with E-state index in [-0.39, 0.29) is 28.8 Å². The summed E-state index contributed by atoms with van der Waals surface area (Å²) in [6.45, 7) is 4.54. The Balaban J connectivity index is 1.98. The summed E-state index contributed by atoms with van der Waals surface area (Å²) in [4.78, 5) is 37.0. The maximum absolute atomic E-state index is 11.5. The Morgan fingerprint density at radius 2 is 1.89 bits per heavy atom. The molecule has 28 heavy (non-hydrogen) atoms. The number of ketones is 1. The Morgan fingerprint density at radius 1 is 1.18 bits per heavy atom. The highest BCUT2D eigenvalue weighted by Crippen LogP contribution is 2.35. The highest BCUT2D eigenvalue weighted by molar-refractivity contribution is 7.17. The van der Waals surface area contributed by atoms with Gasteiger partial charge in [-0.05, 0) is 13.8 Å². The van der Waals surface area contributed by atoms with Crippen molar-refractivity contribution in [2.24, 2.45) is 0 Å². The van der Waals surface area contributed by atoms with Crippen molar-refractivity contribution in [1.29, 1.82) is 0 Å². The van der Waals surface area contributed by atoms with Gasteiger partial charge < -0.3 is 4.42 Å². The van der Waals surface area contributed by atoms with Crippen molar-refractivity contribution in [3.8, 4) is 11.5 Å². The first-order valence-electron chi connectivity index (χ1n) is 7.70. The van der Waals surface area contributed by atoms with E-state index in [1.807, 2.05) is 0 Å². The van der Waals surface area contributed by atoms with Gasteiger partial charge in [-0.2, -0.15) is 0 Å². The van der Waals surface area contributed by atoms with Gasteiger partial charge in [0.2, 0.25) is 0 Å². The number of benzene rings is 1. The van der Waals surface area contributed by atoms with Gasteiger partial charge in [0.05, 0.1) is 32.0 Å². The highest BCUT2D eigenvalue weighted by Gasteiger charge is 2.25. The van der Waals surface area contributed by atoms with E-state index in [0.29, 0.717) is 15.7 Å². The molecule has 3 rings (SSSR count). The summed E-state index contributed by atoms with van der Waals surface area (Å²) in [5.74, 6) is -0.263. The van der Waals surface area contributed by atoms with Gasteiger partial charge in [-0.25, -0.2) is 4.98 Å². The van der Waals surface area contributed by atoms with Crippen LogP contribution in [-0.4, -0.2) is 30.8 Å². The first-order chi connectivity index (χ1) is 13.2. The molecule has 0 aliphatic carbocycles. The van der Waals surface area contributed by atoms with Gasteiger partial charge in [-0.3, -0.25) is 30.3 Å². The van der Waals surface area contributed by atoms with Crippen molar-refractivity contribution < 1.29 is 19.1 Å². The normalized spacial score (nSPS) is 10.7. The Kier molecular flexibility index (Phi) is 4.83. The summed E-state index contributed by atoms with van der Waals surface area (Å²) >= 11 is 1.11. The summed E-state index contributed by atoms with van der Waals surface area (Å²) in [5.41, 5.74) is -0.138. The van der Waals surface area contributed by atoms with Gasteiger partial charge in [0.25, 0.3) is 17.3 Å². The maximum Gasteiger partial charge on any atom is 0.322 e. The van der Waals surface area contributed by atoms with Gasteiger partial charge in [0.1, 0.15) is 0 Å². The fourth-order valence-corrected chi connectivity index (χ4v) is 3.30. The monoisotopic (exact) mass is 404 g/mol. The average molecular weight is 404 g/mol. The van der Waals surface area contributed by atoms with Crippen LogP contribution in [0.5, 0.6) is 0 Å². The number of thiazole rings is 1. The Bertz CT molecular complexity index is 1120. The number of aryl methyl sites for hydroxylation is 1. The molecule has 2 heterocycles. The quantitative estimate of drug-likeness (QED) is 0.364. The van der Waals surface area contributed by atoms with Crippen LogP contribution in [0.2, 0.25) is 0 Å². The molecule has 0 fully saturated rings. The average Bonchev–Trinajstić information content (AvgIpc) is 3.21. The summed E-state index contributed by atoms with van der Waals surface area (Å²) in [5, 5.41) is 32.9. The van der Waals surface area contributed by atoms with Crippen LogP contribution in [0.25, 0.3) is 11.5 Å². The van der Waals surface area contributed by atoms with E-state index in [1.54, 1.807) is 6.92 Å². The lowest BCUT2D eigenvalue weighted by atomic mass is 10.1. The van der Waals surface area contributed by atoms with Crippen molar-refractivity contribution in [1.82, 2.24) is 15.2 Å². The predicted octanol–water partition coefficient (Wildman–Crippen LogP) is 3.57. The van der Waals surface area contributed by atoms with Crippen LogP contribution < -0.4 is 5.32 Å². The largest absolute Gasteiger partial charge is 0.403 e. The number of non-ortho nitro benzene ring substituents is 1. The van der Waals surface area contributed by atoms with Gasteiger partial charge in [-0.15, -0.1) is 5.10 Å². The number of Topliss-reactive ketones (excluding diaryl/α,β-unsaturated/α-hetero) is 1. The topological polar surface area (TPSA) is 167 Å². The molecule has 1 aromatic carbocycles. The van der Waals surface area contributed by atoms with Crippen molar-refractivity contribution in [2.45, 2.75) is 20.8 Å². The number of nitrogens with zero attached hydrogens (tertiary/aromatic N) is 5. The highest BCUT2D eigenvalue weighted by atomic mass is 32.1. The number of nitro groups is 2. The van der Waals surface area contributed by atoms with Crippen LogP contribution in [0, 0.1) is 34.1 Å². The van der Waals surface area contributed by atoms with E-state index in [1.165, 1.54) is 13.8 Å². The molecule has 13 heteroatoms. The second-order valence-corrected chi connectivity index (χ2v) is 6.68. The molecule has 0 spiro atoms. The first-order valence-corrected chi connectivity index (χ1v) is 8.51. The van der Waals surface area contributed by atoms with Crippen LogP contribution in [0.3, 0.4) is 0 Å². The summed E-state index contributed by atoms with van der Waals surface area (Å²) in [6.07, 6.45) is 0. The van der Waals surface area contributed by atoms with E-state index in [0.717, 1.165) is 23.5 Å². The van der Waals surface area contributed by atoms with Crippen molar-refractivity contribution in [3.63, 3.8) is 0 Å². The van der Waals surface area contributed by atoms with Crippen LogP contribution in [0.4, 0.5) is 22.5 Å². The molecule has 12 nitrogen and oxygen atoms in total. The fourth-order valence-electron chi connectivity index (χ4n) is 2.45. The van der Waals surface area contributed by atoms with Gasteiger partial charge in [0.15, 0.2) is 10.9 Å². The molecule has 0 aliphatic heterocycles. The minimum absolute atomic E-state index is 0.0706. The molecule has 0 saturated heterocycles. The van der Waals surface area contributed by atoms with Crippen LogP contribution in [0.1, 0.15) is 27.9 Å². The molecule has 0 aliphatic rings. The van der Waals surface area contributed by atoms with E-state index in [9.17, 15) is 25.0 Å². The van der Waals surface area contributed by atoms with E-state index in [4.69, 9.17) is 4.42 Å². The molecule has 1 N–H and O–H groups in total. The summed E-state index contributed by atoms with van der Waals surface area (Å²) in [6, 6.07) is 1.92. The number of nitro benzene ring substituents is 2. The Morgan fingerprint density at radius 3 is 2.46 bits per heavy atom. The number of hydrogen-bond acceptors (Lipinski definition) is 11. The number of hydrogen-bond donors (Lipinski definition) is 1. The molecule has 144 valence electrons. The number of rotatable bonds is 6. The van der Waals surface area contributed by atoms with Gasteiger partial charge >= 0.3 is 6.01 Å². The number of anilines is 2. The lowest BCUT2D eigenvalue weighted by molar-refractivity contribution is -0.394. The molecule has 0 saturated carbocycles. The lowest BCUT2D eigenvalue weighted by Crippen LogP contribution is -1.98. The zero-order valence-electron chi connectivity index (χ0n) is 14.7. The third-order valence-electron chi connectivity index (χ3n) is 3.76. The molecule has 0 radical (unpaired) electrons. The summed E-state index contributed by atoms with van der Waals surface area (Å²) in [7, 11) is 0. The number of nitrogens with one attached hydrogen (secondary N) is 1. The number of aromatic nitrogens is 3. The van der Waals surface area contributed by atoms with Gasteiger partial charge in [-0.1, -0.05) is 16.4 Å². The van der Waals surface area contributed by atoms with Crippen molar-refractivity contribution in [3.05, 3.63) is 48.5 Å². The lowest BCUT2D eigenvalue weighted by Gasteiger charge is -2.02. The standard InChI is InChI=1S/C15H12N6O6S/c1-6-10(4-9(20(23)24)5-11(6)21(25)26)13-18-19-14(27-13)17-15-16-7(2)12(28-15)8(3)22/h4-5H,1-3H3,(H,16,17,19). The van der Waals surface area contributed by atoms with Crippen molar-refractivity contribution >= 4 is 39.6 Å². The van der Waals surface area contributed by atoms with Crippen molar-refractivity contribution in [2.75, 3.05) is 5.32 Å². The van der Waals surface area contributed by atoms with E-state index < -0.39 is 21.2 Å². The van der Waals surface area contributed by atoms with E-state index >= 15 is 0 Å². The zero-order chi connectivity index (χ0) is 20.6. The third kappa shape index (κ3) is 3.55. The second kappa shape index (κ2) is 7.11. The first kappa shape index (κ1) is 19.0. The molecule has 0 unspecified atom stereocenters. The second-order valence-electron chi connectivity index (χ2n) is 5.68. The maximum atomic E-state index is 11.5. The summed E-state index contributed by atoms with van der Waals surface area (Å²) < 4.78 is 5.44. The molecule has 3 aromatic rings. The molecule has 0 amide bonds. The smallest absolute Gasteiger partial charge is 0.322 e. The minimum Gasteiger partial charge on any atom is -0.403 e. The minimum atomic E-state index is -0.743.